The third-order valence-electron chi connectivity index (χ3n) is 3.73. The van der Waals surface area contributed by atoms with Crippen molar-refractivity contribution in [2.75, 3.05) is 25.1 Å². The van der Waals surface area contributed by atoms with Gasteiger partial charge < -0.3 is 14.8 Å². The van der Waals surface area contributed by atoms with Gasteiger partial charge >= 0.3 is 0 Å². The average molecular weight is 233 g/mol. The lowest BCUT2D eigenvalue weighted by Gasteiger charge is -2.35. The maximum atomic E-state index is 5.84. The topological polar surface area (TPSA) is 30.5 Å². The van der Waals surface area contributed by atoms with Crippen LogP contribution in [-0.2, 0) is 4.74 Å². The predicted octanol–water partition coefficient (Wildman–Crippen LogP) is 2.59. The molecule has 3 nitrogen and oxygen atoms in total. The SMILES string of the molecule is Cc1ccc2c(c1)NC(C1CCOCC1)CO2. The number of rotatable bonds is 1. The van der Waals surface area contributed by atoms with Gasteiger partial charge in [-0.1, -0.05) is 6.07 Å². The maximum absolute atomic E-state index is 5.84. The molecule has 0 aliphatic carbocycles. The zero-order valence-electron chi connectivity index (χ0n) is 10.2. The fraction of sp³-hybridized carbons (Fsp3) is 0.571. The first kappa shape index (κ1) is 10.9. The van der Waals surface area contributed by atoms with Crippen molar-refractivity contribution in [3.8, 4) is 5.75 Å². The summed E-state index contributed by atoms with van der Waals surface area (Å²) in [6.07, 6.45) is 2.28. The number of aryl methyl sites for hydroxylation is 1. The molecule has 1 aromatic carbocycles. The van der Waals surface area contributed by atoms with Gasteiger partial charge in [-0.05, 0) is 43.4 Å². The van der Waals surface area contributed by atoms with Crippen LogP contribution in [0.3, 0.4) is 0 Å². The summed E-state index contributed by atoms with van der Waals surface area (Å²) in [5.74, 6) is 1.66. The van der Waals surface area contributed by atoms with Gasteiger partial charge in [0.2, 0.25) is 0 Å². The standard InChI is InChI=1S/C14H19NO2/c1-10-2-3-14-12(8-10)15-13(9-17-14)11-4-6-16-7-5-11/h2-3,8,11,13,15H,4-7,9H2,1H3. The van der Waals surface area contributed by atoms with Gasteiger partial charge in [0.05, 0.1) is 11.7 Å². The second kappa shape index (κ2) is 4.57. The van der Waals surface area contributed by atoms with E-state index in [0.29, 0.717) is 12.0 Å². The molecule has 0 radical (unpaired) electrons. The van der Waals surface area contributed by atoms with E-state index in [-0.39, 0.29) is 0 Å². The van der Waals surface area contributed by atoms with Crippen LogP contribution in [0.4, 0.5) is 5.69 Å². The maximum Gasteiger partial charge on any atom is 0.142 e. The van der Waals surface area contributed by atoms with E-state index in [1.165, 1.54) is 5.56 Å². The van der Waals surface area contributed by atoms with E-state index in [9.17, 15) is 0 Å². The van der Waals surface area contributed by atoms with E-state index in [1.54, 1.807) is 0 Å². The van der Waals surface area contributed by atoms with Crippen LogP contribution in [0.15, 0.2) is 18.2 Å². The van der Waals surface area contributed by atoms with Crippen molar-refractivity contribution < 1.29 is 9.47 Å². The monoisotopic (exact) mass is 233 g/mol. The van der Waals surface area contributed by atoms with Crippen LogP contribution in [0, 0.1) is 12.8 Å². The van der Waals surface area contributed by atoms with Crippen molar-refractivity contribution >= 4 is 5.69 Å². The molecule has 0 amide bonds. The van der Waals surface area contributed by atoms with Crippen molar-refractivity contribution in [1.29, 1.82) is 0 Å². The summed E-state index contributed by atoms with van der Waals surface area (Å²) in [5.41, 5.74) is 2.42. The molecule has 0 saturated carbocycles. The highest BCUT2D eigenvalue weighted by Crippen LogP contribution is 2.33. The normalized spacial score (nSPS) is 24.6. The van der Waals surface area contributed by atoms with E-state index in [0.717, 1.165) is 44.1 Å². The highest BCUT2D eigenvalue weighted by molar-refractivity contribution is 5.60. The fourth-order valence-electron chi connectivity index (χ4n) is 2.68. The molecule has 3 heteroatoms. The fourth-order valence-corrected chi connectivity index (χ4v) is 2.68. The van der Waals surface area contributed by atoms with E-state index >= 15 is 0 Å². The second-order valence-electron chi connectivity index (χ2n) is 5.01. The Morgan fingerprint density at radius 3 is 2.88 bits per heavy atom. The highest BCUT2D eigenvalue weighted by atomic mass is 16.5. The molecule has 1 N–H and O–H groups in total. The van der Waals surface area contributed by atoms with Gasteiger partial charge in [0.15, 0.2) is 0 Å². The summed E-state index contributed by atoms with van der Waals surface area (Å²) in [7, 11) is 0. The summed E-state index contributed by atoms with van der Waals surface area (Å²) in [5, 5.41) is 3.63. The third-order valence-corrected chi connectivity index (χ3v) is 3.73. The minimum Gasteiger partial charge on any atom is -0.489 e. The van der Waals surface area contributed by atoms with Gasteiger partial charge in [-0.2, -0.15) is 0 Å². The predicted molar refractivity (Wildman–Crippen MR) is 67.6 cm³/mol. The summed E-state index contributed by atoms with van der Waals surface area (Å²) < 4.78 is 11.3. The van der Waals surface area contributed by atoms with Crippen LogP contribution < -0.4 is 10.1 Å². The number of anilines is 1. The first-order valence-corrected chi connectivity index (χ1v) is 6.40. The Kier molecular flexibility index (Phi) is 2.93. The van der Waals surface area contributed by atoms with Crippen molar-refractivity contribution in [3.05, 3.63) is 23.8 Å². The number of hydrogen-bond acceptors (Lipinski definition) is 3. The van der Waals surface area contributed by atoms with E-state index < -0.39 is 0 Å². The summed E-state index contributed by atoms with van der Waals surface area (Å²) >= 11 is 0. The number of nitrogens with one attached hydrogen (secondary N) is 1. The van der Waals surface area contributed by atoms with Crippen LogP contribution in [0.5, 0.6) is 5.75 Å². The molecule has 1 saturated heterocycles. The molecule has 0 spiro atoms. The Hall–Kier alpha value is -1.22. The number of benzene rings is 1. The van der Waals surface area contributed by atoms with Crippen molar-refractivity contribution in [3.63, 3.8) is 0 Å². The number of fused-ring (bicyclic) bond motifs is 1. The molecule has 0 bridgehead atoms. The van der Waals surface area contributed by atoms with E-state index in [2.05, 4.69) is 30.4 Å². The van der Waals surface area contributed by atoms with Gasteiger partial charge in [-0.25, -0.2) is 0 Å². The molecule has 1 atom stereocenters. The molecule has 0 aromatic heterocycles. The lowest BCUT2D eigenvalue weighted by atomic mass is 9.91. The van der Waals surface area contributed by atoms with E-state index in [1.807, 2.05) is 0 Å². The molecule has 17 heavy (non-hydrogen) atoms. The third kappa shape index (κ3) is 2.25. The van der Waals surface area contributed by atoms with Crippen molar-refractivity contribution in [1.82, 2.24) is 0 Å². The first-order valence-electron chi connectivity index (χ1n) is 6.40. The van der Waals surface area contributed by atoms with Crippen molar-refractivity contribution in [2.24, 2.45) is 5.92 Å². The average Bonchev–Trinajstić information content (AvgIpc) is 2.39. The Labute approximate surface area is 102 Å². The zero-order chi connectivity index (χ0) is 11.7. The highest BCUT2D eigenvalue weighted by Gasteiger charge is 2.28. The lowest BCUT2D eigenvalue weighted by Crippen LogP contribution is -2.40. The molecule has 1 fully saturated rings. The molecular formula is C14H19NO2. The van der Waals surface area contributed by atoms with Crippen LogP contribution in [0.25, 0.3) is 0 Å². The molecule has 1 aromatic rings. The summed E-state index contributed by atoms with van der Waals surface area (Å²) in [4.78, 5) is 0. The van der Waals surface area contributed by atoms with Gasteiger partial charge in [-0.15, -0.1) is 0 Å². The number of ether oxygens (including phenoxy) is 2. The van der Waals surface area contributed by atoms with Crippen LogP contribution in [-0.4, -0.2) is 25.9 Å². The first-order chi connectivity index (χ1) is 8.33. The Morgan fingerprint density at radius 1 is 1.24 bits per heavy atom. The molecular weight excluding hydrogens is 214 g/mol. The van der Waals surface area contributed by atoms with Gasteiger partial charge in [-0.3, -0.25) is 0 Å². The van der Waals surface area contributed by atoms with Crippen LogP contribution in [0.1, 0.15) is 18.4 Å². The number of hydrogen-bond donors (Lipinski definition) is 1. The van der Waals surface area contributed by atoms with Crippen LogP contribution in [0.2, 0.25) is 0 Å². The van der Waals surface area contributed by atoms with Gasteiger partial charge in [0.25, 0.3) is 0 Å². The molecule has 92 valence electrons. The molecule has 2 aliphatic rings. The van der Waals surface area contributed by atoms with Crippen LogP contribution >= 0.6 is 0 Å². The van der Waals surface area contributed by atoms with E-state index in [4.69, 9.17) is 9.47 Å². The van der Waals surface area contributed by atoms with Crippen molar-refractivity contribution in [2.45, 2.75) is 25.8 Å². The molecule has 3 rings (SSSR count). The smallest absolute Gasteiger partial charge is 0.142 e. The molecule has 1 unspecified atom stereocenters. The second-order valence-corrected chi connectivity index (χ2v) is 5.01. The minimum atomic E-state index is 0.438. The van der Waals surface area contributed by atoms with Gasteiger partial charge in [0, 0.05) is 13.2 Å². The Balaban J connectivity index is 1.75. The Bertz CT molecular complexity index is 399. The summed E-state index contributed by atoms with van der Waals surface area (Å²) in [6.45, 7) is 4.67. The summed E-state index contributed by atoms with van der Waals surface area (Å²) in [6, 6.07) is 6.75. The molecule has 2 heterocycles. The lowest BCUT2D eigenvalue weighted by molar-refractivity contribution is 0.0536. The largest absolute Gasteiger partial charge is 0.489 e. The quantitative estimate of drug-likeness (QED) is 0.808. The zero-order valence-corrected chi connectivity index (χ0v) is 10.2. The van der Waals surface area contributed by atoms with Gasteiger partial charge in [0.1, 0.15) is 12.4 Å². The minimum absolute atomic E-state index is 0.438. The molecule has 2 aliphatic heterocycles. The Morgan fingerprint density at radius 2 is 2.06 bits per heavy atom.